The van der Waals surface area contributed by atoms with Crippen molar-refractivity contribution in [3.63, 3.8) is 0 Å². The highest BCUT2D eigenvalue weighted by atomic mass is 19.1. The summed E-state index contributed by atoms with van der Waals surface area (Å²) in [7, 11) is 1.90. The van der Waals surface area contributed by atoms with E-state index >= 15 is 0 Å². The minimum Gasteiger partial charge on any atom is -0.366 e. The van der Waals surface area contributed by atoms with Crippen molar-refractivity contribution in [2.75, 3.05) is 31.6 Å². The van der Waals surface area contributed by atoms with Crippen LogP contribution in [-0.2, 0) is 6.54 Å². The van der Waals surface area contributed by atoms with Gasteiger partial charge in [-0.2, -0.15) is 0 Å². The zero-order valence-electron chi connectivity index (χ0n) is 13.1. The molecule has 2 saturated heterocycles. The van der Waals surface area contributed by atoms with E-state index in [1.165, 1.54) is 25.8 Å². The van der Waals surface area contributed by atoms with Gasteiger partial charge in [-0.05, 0) is 57.1 Å². The van der Waals surface area contributed by atoms with Gasteiger partial charge in [-0.25, -0.2) is 4.39 Å². The van der Waals surface area contributed by atoms with Gasteiger partial charge in [-0.15, -0.1) is 0 Å². The zero-order valence-corrected chi connectivity index (χ0v) is 13.1. The van der Waals surface area contributed by atoms with Crippen LogP contribution in [0.4, 0.5) is 10.1 Å². The topological polar surface area (TPSA) is 18.5 Å². The van der Waals surface area contributed by atoms with Crippen molar-refractivity contribution < 1.29 is 4.39 Å². The first-order valence-electron chi connectivity index (χ1n) is 8.12. The first-order valence-corrected chi connectivity index (χ1v) is 8.12. The van der Waals surface area contributed by atoms with E-state index in [9.17, 15) is 4.39 Å². The fraction of sp³-hybridized carbons (Fsp3) is 0.647. The summed E-state index contributed by atoms with van der Waals surface area (Å²) in [6, 6.07) is 6.54. The minimum atomic E-state index is -0.129. The molecule has 21 heavy (non-hydrogen) atoms. The molecule has 3 nitrogen and oxygen atoms in total. The summed E-state index contributed by atoms with van der Waals surface area (Å²) in [5, 5.41) is 3.10. The van der Waals surface area contributed by atoms with Crippen LogP contribution >= 0.6 is 0 Å². The van der Waals surface area contributed by atoms with Crippen LogP contribution in [0.5, 0.6) is 0 Å². The van der Waals surface area contributed by atoms with Crippen LogP contribution < -0.4 is 10.2 Å². The molecule has 1 aromatic carbocycles. The van der Waals surface area contributed by atoms with E-state index in [0.29, 0.717) is 18.6 Å². The van der Waals surface area contributed by atoms with Gasteiger partial charge in [0.25, 0.3) is 0 Å². The fourth-order valence-corrected chi connectivity index (χ4v) is 3.82. The average Bonchev–Trinajstić information content (AvgIpc) is 2.46. The van der Waals surface area contributed by atoms with E-state index in [0.717, 1.165) is 24.3 Å². The molecule has 2 heterocycles. The molecule has 2 unspecified atom stereocenters. The van der Waals surface area contributed by atoms with Crippen LogP contribution in [0.25, 0.3) is 0 Å². The van der Waals surface area contributed by atoms with Crippen LogP contribution in [0.3, 0.4) is 0 Å². The monoisotopic (exact) mass is 291 g/mol. The van der Waals surface area contributed by atoms with Crippen LogP contribution in [-0.4, -0.2) is 43.7 Å². The summed E-state index contributed by atoms with van der Waals surface area (Å²) in [5.41, 5.74) is 2.06. The van der Waals surface area contributed by atoms with Crippen molar-refractivity contribution in [1.29, 1.82) is 0 Å². The van der Waals surface area contributed by atoms with Crippen LogP contribution in [0.1, 0.15) is 31.7 Å². The molecular weight excluding hydrogens is 265 g/mol. The molecule has 0 amide bonds. The lowest BCUT2D eigenvalue weighted by Gasteiger charge is -2.48. The van der Waals surface area contributed by atoms with Gasteiger partial charge in [0.05, 0.1) is 0 Å². The molecule has 2 fully saturated rings. The SMILES string of the molecule is CNCc1cc(F)cc(N2CC3CCCCN3CC2C)c1. The Hall–Kier alpha value is -1.13. The Morgan fingerprint density at radius 2 is 2.10 bits per heavy atom. The zero-order chi connectivity index (χ0) is 14.8. The number of anilines is 1. The second-order valence-corrected chi connectivity index (χ2v) is 6.49. The van der Waals surface area contributed by atoms with Gasteiger partial charge in [0.1, 0.15) is 5.82 Å². The number of rotatable bonds is 3. The van der Waals surface area contributed by atoms with Gasteiger partial charge >= 0.3 is 0 Å². The lowest BCUT2D eigenvalue weighted by molar-refractivity contribution is 0.115. The first-order chi connectivity index (χ1) is 10.2. The number of fused-ring (bicyclic) bond motifs is 1. The second-order valence-electron chi connectivity index (χ2n) is 6.49. The Morgan fingerprint density at radius 1 is 1.24 bits per heavy atom. The number of piperidine rings is 1. The molecular formula is C17H26FN3. The highest BCUT2D eigenvalue weighted by Crippen LogP contribution is 2.29. The quantitative estimate of drug-likeness (QED) is 0.923. The molecule has 116 valence electrons. The van der Waals surface area contributed by atoms with Crippen molar-refractivity contribution in [1.82, 2.24) is 10.2 Å². The summed E-state index contributed by atoms with van der Waals surface area (Å²) in [5.74, 6) is -0.129. The predicted molar refractivity (Wildman–Crippen MR) is 85.2 cm³/mol. The van der Waals surface area contributed by atoms with Gasteiger partial charge in [-0.3, -0.25) is 4.90 Å². The van der Waals surface area contributed by atoms with Gasteiger partial charge in [0, 0.05) is 37.4 Å². The molecule has 0 saturated carbocycles. The maximum atomic E-state index is 13.9. The number of piperazine rings is 1. The molecule has 0 aliphatic carbocycles. The maximum Gasteiger partial charge on any atom is 0.125 e. The maximum absolute atomic E-state index is 13.9. The van der Waals surface area contributed by atoms with Crippen molar-refractivity contribution in [3.8, 4) is 0 Å². The normalized spacial score (nSPS) is 26.7. The number of nitrogens with one attached hydrogen (secondary N) is 1. The first kappa shape index (κ1) is 14.8. The van der Waals surface area contributed by atoms with Crippen molar-refractivity contribution in [2.24, 2.45) is 0 Å². The molecule has 2 aliphatic rings. The van der Waals surface area contributed by atoms with Crippen molar-refractivity contribution >= 4 is 5.69 Å². The molecule has 2 aliphatic heterocycles. The van der Waals surface area contributed by atoms with Gasteiger partial charge in [0.15, 0.2) is 0 Å². The molecule has 1 aromatic rings. The van der Waals surface area contributed by atoms with E-state index in [1.807, 2.05) is 7.05 Å². The summed E-state index contributed by atoms with van der Waals surface area (Å²) in [6.07, 6.45) is 3.94. The van der Waals surface area contributed by atoms with E-state index in [-0.39, 0.29) is 5.82 Å². The summed E-state index contributed by atoms with van der Waals surface area (Å²) in [6.45, 7) is 6.33. The van der Waals surface area contributed by atoms with E-state index in [1.54, 1.807) is 12.1 Å². The van der Waals surface area contributed by atoms with Crippen LogP contribution in [0, 0.1) is 5.82 Å². The number of hydrogen-bond donors (Lipinski definition) is 1. The molecule has 0 spiro atoms. The van der Waals surface area contributed by atoms with Crippen LogP contribution in [0.15, 0.2) is 18.2 Å². The lowest BCUT2D eigenvalue weighted by atomic mass is 9.96. The number of halogens is 1. The number of benzene rings is 1. The smallest absolute Gasteiger partial charge is 0.125 e. The molecule has 3 rings (SSSR count). The van der Waals surface area contributed by atoms with Crippen molar-refractivity contribution in [2.45, 2.75) is 44.8 Å². The van der Waals surface area contributed by atoms with Gasteiger partial charge in [0.2, 0.25) is 0 Å². The minimum absolute atomic E-state index is 0.129. The average molecular weight is 291 g/mol. The molecule has 4 heteroatoms. The third-order valence-corrected chi connectivity index (χ3v) is 4.84. The van der Waals surface area contributed by atoms with E-state index in [2.05, 4.69) is 28.1 Å². The number of nitrogens with zero attached hydrogens (tertiary/aromatic N) is 2. The molecule has 1 N–H and O–H groups in total. The Labute approximate surface area is 127 Å². The van der Waals surface area contributed by atoms with Crippen molar-refractivity contribution in [3.05, 3.63) is 29.6 Å². The van der Waals surface area contributed by atoms with Gasteiger partial charge in [-0.1, -0.05) is 6.42 Å². The summed E-state index contributed by atoms with van der Waals surface area (Å²) >= 11 is 0. The third-order valence-electron chi connectivity index (χ3n) is 4.84. The third kappa shape index (κ3) is 3.22. The van der Waals surface area contributed by atoms with E-state index in [4.69, 9.17) is 0 Å². The molecule has 2 atom stereocenters. The molecule has 0 bridgehead atoms. The Bertz CT molecular complexity index is 491. The summed E-state index contributed by atoms with van der Waals surface area (Å²) < 4.78 is 13.9. The fourth-order valence-electron chi connectivity index (χ4n) is 3.82. The largest absolute Gasteiger partial charge is 0.366 e. The molecule has 0 aromatic heterocycles. The predicted octanol–water partition coefficient (Wildman–Crippen LogP) is 2.61. The second kappa shape index (κ2) is 6.32. The Kier molecular flexibility index (Phi) is 4.45. The van der Waals surface area contributed by atoms with Crippen LogP contribution in [0.2, 0.25) is 0 Å². The molecule has 0 radical (unpaired) electrons. The highest BCUT2D eigenvalue weighted by molar-refractivity contribution is 5.51. The lowest BCUT2D eigenvalue weighted by Crippen LogP contribution is -2.58. The summed E-state index contributed by atoms with van der Waals surface area (Å²) in [4.78, 5) is 5.02. The van der Waals surface area contributed by atoms with E-state index < -0.39 is 0 Å². The Morgan fingerprint density at radius 3 is 2.90 bits per heavy atom. The number of hydrogen-bond acceptors (Lipinski definition) is 3. The Balaban J connectivity index is 1.82. The van der Waals surface area contributed by atoms with Gasteiger partial charge < -0.3 is 10.2 Å². The standard InChI is InChI=1S/C17H26FN3/c1-13-11-20-6-4-3-5-16(20)12-21(13)17-8-14(10-19-2)7-15(18)9-17/h7-9,13,16,19H,3-6,10-12H2,1-2H3. The highest BCUT2D eigenvalue weighted by Gasteiger charge is 2.33.